The molecule has 1 N–H and O–H groups in total. The van der Waals surface area contributed by atoms with Crippen molar-refractivity contribution in [1.82, 2.24) is 5.32 Å². The van der Waals surface area contributed by atoms with Crippen molar-refractivity contribution in [2.24, 2.45) is 5.92 Å². The van der Waals surface area contributed by atoms with Gasteiger partial charge in [-0.2, -0.15) is 0 Å². The molecule has 1 atom stereocenters. The summed E-state index contributed by atoms with van der Waals surface area (Å²) < 4.78 is 5.24. The summed E-state index contributed by atoms with van der Waals surface area (Å²) in [7, 11) is 0. The standard InChI is InChI=1S/C23H27NO4/c1-14(2)21(24-22(26)18-9-7-6-8-16(18)4)23(27)28-13-20(25)19-12-15(3)10-11-17(19)5/h6-12,14,21H,13H2,1-5H3,(H,24,26)/t21-/m0/s1. The van der Waals surface area contributed by atoms with Crippen LogP contribution in [0.4, 0.5) is 0 Å². The van der Waals surface area contributed by atoms with E-state index in [1.165, 1.54) is 0 Å². The molecule has 1 amide bonds. The van der Waals surface area contributed by atoms with Crippen LogP contribution >= 0.6 is 0 Å². The van der Waals surface area contributed by atoms with Crippen LogP contribution < -0.4 is 5.32 Å². The minimum Gasteiger partial charge on any atom is -0.456 e. The van der Waals surface area contributed by atoms with Gasteiger partial charge in [-0.25, -0.2) is 4.79 Å². The number of hydrogen-bond acceptors (Lipinski definition) is 4. The van der Waals surface area contributed by atoms with Crippen molar-refractivity contribution in [1.29, 1.82) is 0 Å². The normalized spacial score (nSPS) is 11.8. The first kappa shape index (κ1) is 21.4. The zero-order valence-corrected chi connectivity index (χ0v) is 17.0. The van der Waals surface area contributed by atoms with Crippen LogP contribution in [0.2, 0.25) is 0 Å². The Morgan fingerprint density at radius 2 is 1.57 bits per heavy atom. The molecular formula is C23H27NO4. The summed E-state index contributed by atoms with van der Waals surface area (Å²) in [6, 6.07) is 11.9. The number of hydrogen-bond donors (Lipinski definition) is 1. The molecule has 2 rings (SSSR count). The molecule has 2 aromatic rings. The lowest BCUT2D eigenvalue weighted by Gasteiger charge is -2.21. The van der Waals surface area contributed by atoms with E-state index >= 15 is 0 Å². The van der Waals surface area contributed by atoms with E-state index in [2.05, 4.69) is 5.32 Å². The SMILES string of the molecule is Cc1ccc(C)c(C(=O)COC(=O)[C@@H](NC(=O)c2ccccc2C)C(C)C)c1. The molecule has 0 aliphatic rings. The number of rotatable bonds is 7. The first-order valence-corrected chi connectivity index (χ1v) is 9.34. The first-order valence-electron chi connectivity index (χ1n) is 9.34. The number of nitrogens with one attached hydrogen (secondary N) is 1. The summed E-state index contributed by atoms with van der Waals surface area (Å²) >= 11 is 0. The lowest BCUT2D eigenvalue weighted by atomic mass is 10.0. The van der Waals surface area contributed by atoms with E-state index in [0.717, 1.165) is 16.7 Å². The minimum absolute atomic E-state index is 0.184. The number of Topliss-reactive ketones (excluding diaryl/α,β-unsaturated/α-hetero) is 1. The van der Waals surface area contributed by atoms with Gasteiger partial charge in [0.25, 0.3) is 5.91 Å². The molecule has 5 nitrogen and oxygen atoms in total. The number of ether oxygens (including phenoxy) is 1. The molecular weight excluding hydrogens is 354 g/mol. The average molecular weight is 381 g/mol. The highest BCUT2D eigenvalue weighted by molar-refractivity contribution is 6.00. The Bertz CT molecular complexity index is 886. The summed E-state index contributed by atoms with van der Waals surface area (Å²) in [6.45, 7) is 8.85. The van der Waals surface area contributed by atoms with Gasteiger partial charge in [0.2, 0.25) is 5.78 Å². The Hall–Kier alpha value is -2.95. The zero-order valence-electron chi connectivity index (χ0n) is 17.0. The van der Waals surface area contributed by atoms with Gasteiger partial charge in [0.05, 0.1) is 0 Å². The van der Waals surface area contributed by atoms with Crippen LogP contribution in [0, 0.1) is 26.7 Å². The number of carbonyl (C=O) groups excluding carboxylic acids is 3. The van der Waals surface area contributed by atoms with Crippen molar-refractivity contribution in [3.63, 3.8) is 0 Å². The molecule has 0 aliphatic heterocycles. The molecule has 0 saturated carbocycles. The van der Waals surface area contributed by atoms with Gasteiger partial charge in [0.15, 0.2) is 6.61 Å². The largest absolute Gasteiger partial charge is 0.456 e. The number of esters is 1. The Morgan fingerprint density at radius 3 is 2.21 bits per heavy atom. The lowest BCUT2D eigenvalue weighted by molar-refractivity contribution is -0.145. The van der Waals surface area contributed by atoms with E-state index in [4.69, 9.17) is 4.74 Å². The van der Waals surface area contributed by atoms with Crippen molar-refractivity contribution < 1.29 is 19.1 Å². The quantitative estimate of drug-likeness (QED) is 0.585. The Kier molecular flexibility index (Phi) is 7.10. The number of carbonyl (C=O) groups is 3. The monoisotopic (exact) mass is 381 g/mol. The van der Waals surface area contributed by atoms with E-state index < -0.39 is 12.0 Å². The fourth-order valence-corrected chi connectivity index (χ4v) is 2.88. The highest BCUT2D eigenvalue weighted by Crippen LogP contribution is 2.13. The van der Waals surface area contributed by atoms with Crippen LogP contribution in [0.1, 0.15) is 51.3 Å². The van der Waals surface area contributed by atoms with E-state index in [1.54, 1.807) is 18.2 Å². The molecule has 0 aliphatic carbocycles. The lowest BCUT2D eigenvalue weighted by Crippen LogP contribution is -2.45. The van der Waals surface area contributed by atoms with E-state index in [9.17, 15) is 14.4 Å². The van der Waals surface area contributed by atoms with Gasteiger partial charge in [0, 0.05) is 11.1 Å². The van der Waals surface area contributed by atoms with Crippen molar-refractivity contribution in [3.8, 4) is 0 Å². The minimum atomic E-state index is -0.835. The molecule has 0 unspecified atom stereocenters. The summed E-state index contributed by atoms with van der Waals surface area (Å²) in [5, 5.41) is 2.73. The van der Waals surface area contributed by atoms with E-state index in [1.807, 2.05) is 58.9 Å². The van der Waals surface area contributed by atoms with Crippen LogP contribution in [0.3, 0.4) is 0 Å². The average Bonchev–Trinajstić information content (AvgIpc) is 2.65. The van der Waals surface area contributed by atoms with Crippen LogP contribution in [0.5, 0.6) is 0 Å². The Morgan fingerprint density at radius 1 is 0.929 bits per heavy atom. The number of ketones is 1. The zero-order chi connectivity index (χ0) is 20.8. The van der Waals surface area contributed by atoms with Gasteiger partial charge < -0.3 is 10.1 Å². The summed E-state index contributed by atoms with van der Waals surface area (Å²) in [4.78, 5) is 37.5. The van der Waals surface area contributed by atoms with Crippen LogP contribution in [0.25, 0.3) is 0 Å². The van der Waals surface area contributed by atoms with Gasteiger partial charge in [-0.1, -0.05) is 49.7 Å². The number of aryl methyl sites for hydroxylation is 3. The predicted octanol–water partition coefficient (Wildman–Crippen LogP) is 3.79. The second kappa shape index (κ2) is 9.31. The second-order valence-corrected chi connectivity index (χ2v) is 7.36. The van der Waals surface area contributed by atoms with Gasteiger partial charge in [-0.3, -0.25) is 9.59 Å². The summed E-state index contributed by atoms with van der Waals surface area (Å²) in [5.74, 6) is -1.40. The molecule has 148 valence electrons. The smallest absolute Gasteiger partial charge is 0.329 e. The molecule has 0 saturated heterocycles. The van der Waals surface area contributed by atoms with Crippen molar-refractivity contribution in [3.05, 3.63) is 70.3 Å². The predicted molar refractivity (Wildman–Crippen MR) is 108 cm³/mol. The molecule has 5 heteroatoms. The van der Waals surface area contributed by atoms with Gasteiger partial charge in [-0.05, 0) is 49.9 Å². The molecule has 2 aromatic carbocycles. The number of benzene rings is 2. The van der Waals surface area contributed by atoms with Crippen molar-refractivity contribution in [2.75, 3.05) is 6.61 Å². The Labute approximate surface area is 166 Å². The molecule has 0 bridgehead atoms. The van der Waals surface area contributed by atoms with Gasteiger partial charge in [-0.15, -0.1) is 0 Å². The second-order valence-electron chi connectivity index (χ2n) is 7.36. The molecule has 0 heterocycles. The molecule has 0 aromatic heterocycles. The Balaban J connectivity index is 2.05. The third-order valence-corrected chi connectivity index (χ3v) is 4.64. The van der Waals surface area contributed by atoms with Crippen LogP contribution in [-0.4, -0.2) is 30.3 Å². The molecule has 0 fully saturated rings. The van der Waals surface area contributed by atoms with Gasteiger partial charge in [0.1, 0.15) is 6.04 Å². The fourth-order valence-electron chi connectivity index (χ4n) is 2.88. The third kappa shape index (κ3) is 5.28. The van der Waals surface area contributed by atoms with E-state index in [0.29, 0.717) is 11.1 Å². The van der Waals surface area contributed by atoms with Crippen molar-refractivity contribution >= 4 is 17.7 Å². The maximum Gasteiger partial charge on any atom is 0.329 e. The third-order valence-electron chi connectivity index (χ3n) is 4.64. The van der Waals surface area contributed by atoms with Crippen molar-refractivity contribution in [2.45, 2.75) is 40.7 Å². The maximum atomic E-state index is 12.5. The van der Waals surface area contributed by atoms with Gasteiger partial charge >= 0.3 is 5.97 Å². The topological polar surface area (TPSA) is 72.5 Å². The molecule has 0 radical (unpaired) electrons. The molecule has 0 spiro atoms. The van der Waals surface area contributed by atoms with Crippen LogP contribution in [0.15, 0.2) is 42.5 Å². The maximum absolute atomic E-state index is 12.5. The highest BCUT2D eigenvalue weighted by atomic mass is 16.5. The fraction of sp³-hybridized carbons (Fsp3) is 0.348. The highest BCUT2D eigenvalue weighted by Gasteiger charge is 2.27. The number of amides is 1. The summed E-state index contributed by atoms with van der Waals surface area (Å²) in [5.41, 5.74) is 3.66. The molecule has 28 heavy (non-hydrogen) atoms. The van der Waals surface area contributed by atoms with Crippen LogP contribution in [-0.2, 0) is 9.53 Å². The first-order chi connectivity index (χ1) is 13.2. The van der Waals surface area contributed by atoms with E-state index in [-0.39, 0.29) is 24.2 Å². The summed E-state index contributed by atoms with van der Waals surface area (Å²) in [6.07, 6.45) is 0.